The Bertz CT molecular complexity index is 769. The first kappa shape index (κ1) is 13.1. The van der Waals surface area contributed by atoms with E-state index in [1.807, 2.05) is 16.7 Å². The first-order valence-electron chi connectivity index (χ1n) is 6.15. The third-order valence-electron chi connectivity index (χ3n) is 3.09. The molecule has 102 valence electrons. The number of nitrogens with zero attached hydrogens (tertiary/aromatic N) is 3. The van der Waals surface area contributed by atoms with Gasteiger partial charge in [0.05, 0.1) is 0 Å². The zero-order valence-corrected chi connectivity index (χ0v) is 12.1. The highest BCUT2D eigenvalue weighted by Crippen LogP contribution is 2.20. The molecule has 2 aromatic heterocycles. The van der Waals surface area contributed by atoms with E-state index in [0.29, 0.717) is 18.9 Å². The van der Waals surface area contributed by atoms with Crippen molar-refractivity contribution in [3.63, 3.8) is 0 Å². The molecule has 0 atom stereocenters. The van der Waals surface area contributed by atoms with Gasteiger partial charge in [0.15, 0.2) is 5.65 Å². The van der Waals surface area contributed by atoms with Crippen molar-refractivity contribution in [2.24, 2.45) is 0 Å². The topological polar surface area (TPSA) is 56.7 Å². The van der Waals surface area contributed by atoms with E-state index in [4.69, 9.17) is 5.73 Å². The van der Waals surface area contributed by atoms with E-state index in [-0.39, 0.29) is 5.82 Å². The van der Waals surface area contributed by atoms with E-state index < -0.39 is 0 Å². The summed E-state index contributed by atoms with van der Waals surface area (Å²) in [5, 5.41) is 0. The zero-order chi connectivity index (χ0) is 14.1. The lowest BCUT2D eigenvalue weighted by molar-refractivity contribution is 0.622. The van der Waals surface area contributed by atoms with Crippen LogP contribution in [0.1, 0.15) is 5.56 Å². The molecular formula is C14H12BrFN4. The van der Waals surface area contributed by atoms with Gasteiger partial charge in [-0.2, -0.15) is 0 Å². The van der Waals surface area contributed by atoms with Crippen molar-refractivity contribution in [3.05, 3.63) is 52.4 Å². The lowest BCUT2D eigenvalue weighted by Crippen LogP contribution is -2.06. The van der Waals surface area contributed by atoms with Gasteiger partial charge >= 0.3 is 0 Å². The number of benzene rings is 1. The summed E-state index contributed by atoms with van der Waals surface area (Å²) >= 11 is 3.36. The van der Waals surface area contributed by atoms with Gasteiger partial charge in [-0.1, -0.05) is 12.1 Å². The molecule has 0 aliphatic rings. The van der Waals surface area contributed by atoms with Crippen LogP contribution in [0.3, 0.4) is 0 Å². The van der Waals surface area contributed by atoms with E-state index in [1.165, 1.54) is 12.1 Å². The molecule has 2 N–H and O–H groups in total. The van der Waals surface area contributed by atoms with Crippen LogP contribution in [0, 0.1) is 5.82 Å². The Hall–Kier alpha value is -1.95. The Labute approximate surface area is 123 Å². The standard InChI is InChI=1S/C14H12BrFN4/c15-10-7-12-13(18-8-10)20(14(17)19-12)5-4-9-2-1-3-11(16)6-9/h1-3,6-8H,4-5H2,(H2,17,19). The fourth-order valence-corrected chi connectivity index (χ4v) is 2.48. The second-order valence-electron chi connectivity index (χ2n) is 4.50. The third kappa shape index (κ3) is 2.51. The molecule has 0 spiro atoms. The fourth-order valence-electron chi connectivity index (χ4n) is 2.16. The maximum atomic E-state index is 13.1. The molecule has 6 heteroatoms. The number of pyridine rings is 1. The Morgan fingerprint density at radius 3 is 2.95 bits per heavy atom. The molecule has 0 unspecified atom stereocenters. The molecule has 0 saturated heterocycles. The summed E-state index contributed by atoms with van der Waals surface area (Å²) in [6.45, 7) is 0.612. The van der Waals surface area contributed by atoms with Gasteiger partial charge in [0.25, 0.3) is 0 Å². The van der Waals surface area contributed by atoms with Crippen molar-refractivity contribution in [2.75, 3.05) is 5.73 Å². The summed E-state index contributed by atoms with van der Waals surface area (Å²) in [7, 11) is 0. The van der Waals surface area contributed by atoms with Crippen molar-refractivity contribution in [1.29, 1.82) is 0 Å². The molecule has 4 nitrogen and oxygen atoms in total. The van der Waals surface area contributed by atoms with Gasteiger partial charge in [0, 0.05) is 17.2 Å². The SMILES string of the molecule is Nc1nc2cc(Br)cnc2n1CCc1cccc(F)c1. The average molecular weight is 335 g/mol. The molecule has 0 aliphatic heterocycles. The maximum Gasteiger partial charge on any atom is 0.202 e. The zero-order valence-electron chi connectivity index (χ0n) is 10.6. The number of hydrogen-bond acceptors (Lipinski definition) is 3. The smallest absolute Gasteiger partial charge is 0.202 e. The lowest BCUT2D eigenvalue weighted by Gasteiger charge is -2.06. The summed E-state index contributed by atoms with van der Waals surface area (Å²) in [5.41, 5.74) is 8.32. The van der Waals surface area contributed by atoms with Gasteiger partial charge in [-0.25, -0.2) is 14.4 Å². The molecule has 3 rings (SSSR count). The summed E-state index contributed by atoms with van der Waals surface area (Å²) in [4.78, 5) is 8.61. The number of fused-ring (bicyclic) bond motifs is 1. The maximum absolute atomic E-state index is 13.1. The van der Waals surface area contributed by atoms with Gasteiger partial charge in [0.1, 0.15) is 11.3 Å². The molecule has 3 aromatic rings. The fraction of sp³-hybridized carbons (Fsp3) is 0.143. The van der Waals surface area contributed by atoms with Gasteiger partial charge < -0.3 is 5.73 Å². The van der Waals surface area contributed by atoms with E-state index in [9.17, 15) is 4.39 Å². The van der Waals surface area contributed by atoms with Gasteiger partial charge in [-0.05, 0) is 46.1 Å². The Morgan fingerprint density at radius 1 is 1.30 bits per heavy atom. The third-order valence-corrected chi connectivity index (χ3v) is 3.53. The number of imidazole rings is 1. The number of aryl methyl sites for hydroxylation is 2. The average Bonchev–Trinajstić information content (AvgIpc) is 2.71. The highest BCUT2D eigenvalue weighted by atomic mass is 79.9. The van der Waals surface area contributed by atoms with Crippen LogP contribution < -0.4 is 5.73 Å². The van der Waals surface area contributed by atoms with E-state index in [2.05, 4.69) is 25.9 Å². The minimum atomic E-state index is -0.229. The first-order chi connectivity index (χ1) is 9.63. The van der Waals surface area contributed by atoms with Crippen LogP contribution in [0.25, 0.3) is 11.2 Å². The number of hydrogen-bond donors (Lipinski definition) is 1. The quantitative estimate of drug-likeness (QED) is 0.800. The van der Waals surface area contributed by atoms with Gasteiger partial charge in [-0.3, -0.25) is 4.57 Å². The van der Waals surface area contributed by atoms with E-state index in [1.54, 1.807) is 12.3 Å². The Morgan fingerprint density at radius 2 is 2.15 bits per heavy atom. The van der Waals surface area contributed by atoms with Gasteiger partial charge in [0.2, 0.25) is 5.95 Å². The number of nitrogen functional groups attached to an aromatic ring is 1. The van der Waals surface area contributed by atoms with Crippen molar-refractivity contribution in [3.8, 4) is 0 Å². The van der Waals surface area contributed by atoms with Crippen LogP contribution in [-0.4, -0.2) is 14.5 Å². The molecule has 0 fully saturated rings. The minimum absolute atomic E-state index is 0.229. The molecule has 1 aromatic carbocycles. The number of aromatic nitrogens is 3. The summed E-state index contributed by atoms with van der Waals surface area (Å²) < 4.78 is 15.8. The molecule has 0 aliphatic carbocycles. The highest BCUT2D eigenvalue weighted by molar-refractivity contribution is 9.10. The number of anilines is 1. The summed E-state index contributed by atoms with van der Waals surface area (Å²) in [5.74, 6) is 0.190. The molecule has 20 heavy (non-hydrogen) atoms. The molecule has 0 amide bonds. The number of rotatable bonds is 3. The van der Waals surface area contributed by atoms with Crippen LogP contribution in [0.2, 0.25) is 0 Å². The van der Waals surface area contributed by atoms with Crippen LogP contribution >= 0.6 is 15.9 Å². The second-order valence-corrected chi connectivity index (χ2v) is 5.41. The lowest BCUT2D eigenvalue weighted by atomic mass is 10.1. The number of nitrogens with two attached hydrogens (primary N) is 1. The largest absolute Gasteiger partial charge is 0.369 e. The van der Waals surface area contributed by atoms with Crippen LogP contribution in [-0.2, 0) is 13.0 Å². The normalized spacial score (nSPS) is 11.1. The first-order valence-corrected chi connectivity index (χ1v) is 6.94. The molecule has 0 bridgehead atoms. The highest BCUT2D eigenvalue weighted by Gasteiger charge is 2.09. The van der Waals surface area contributed by atoms with Gasteiger partial charge in [-0.15, -0.1) is 0 Å². The van der Waals surface area contributed by atoms with E-state index >= 15 is 0 Å². The summed E-state index contributed by atoms with van der Waals surface area (Å²) in [6, 6.07) is 8.43. The van der Waals surface area contributed by atoms with Crippen LogP contribution in [0.5, 0.6) is 0 Å². The van der Waals surface area contributed by atoms with Crippen LogP contribution in [0.15, 0.2) is 41.0 Å². The molecule has 2 heterocycles. The monoisotopic (exact) mass is 334 g/mol. The van der Waals surface area contributed by atoms with Crippen LogP contribution in [0.4, 0.5) is 10.3 Å². The Balaban J connectivity index is 1.89. The van der Waals surface area contributed by atoms with E-state index in [0.717, 1.165) is 21.2 Å². The van der Waals surface area contributed by atoms with Crippen molar-refractivity contribution in [2.45, 2.75) is 13.0 Å². The van der Waals surface area contributed by atoms with Crippen molar-refractivity contribution < 1.29 is 4.39 Å². The summed E-state index contributed by atoms with van der Waals surface area (Å²) in [6.07, 6.45) is 2.38. The van der Waals surface area contributed by atoms with Crippen molar-refractivity contribution >= 4 is 33.0 Å². The number of halogens is 2. The molecule has 0 radical (unpaired) electrons. The molecule has 0 saturated carbocycles. The predicted molar refractivity (Wildman–Crippen MR) is 79.7 cm³/mol. The van der Waals surface area contributed by atoms with Crippen molar-refractivity contribution in [1.82, 2.24) is 14.5 Å². The minimum Gasteiger partial charge on any atom is -0.369 e. The Kier molecular flexibility index (Phi) is 3.40. The molecular weight excluding hydrogens is 323 g/mol. The predicted octanol–water partition coefficient (Wildman–Crippen LogP) is 3.16. The second kappa shape index (κ2) is 5.20.